The summed E-state index contributed by atoms with van der Waals surface area (Å²) in [6.45, 7) is 0. The highest BCUT2D eigenvalue weighted by Crippen LogP contribution is 2.27. The van der Waals surface area contributed by atoms with E-state index in [2.05, 4.69) is 0 Å². The second-order valence-electron chi connectivity index (χ2n) is 4.29. The molecule has 0 aliphatic carbocycles. The average Bonchev–Trinajstić information content (AvgIpc) is 2.47. The van der Waals surface area contributed by atoms with Crippen molar-refractivity contribution in [2.45, 2.75) is 6.42 Å². The predicted molar refractivity (Wildman–Crippen MR) is 77.1 cm³/mol. The van der Waals surface area contributed by atoms with Crippen molar-refractivity contribution in [3.8, 4) is 16.9 Å². The van der Waals surface area contributed by atoms with Gasteiger partial charge in [0.1, 0.15) is 5.75 Å². The molecule has 0 saturated carbocycles. The number of methoxy groups -OCH3 is 1. The maximum atomic E-state index is 11.3. The molecule has 2 rings (SSSR count). The third-order valence-corrected chi connectivity index (χ3v) is 3.12. The number of hydrogen-bond acceptors (Lipinski definition) is 3. The molecule has 2 N–H and O–H groups in total. The van der Waals surface area contributed by atoms with E-state index in [0.29, 0.717) is 10.8 Å². The van der Waals surface area contributed by atoms with Crippen LogP contribution in [0.5, 0.6) is 5.75 Å². The van der Waals surface area contributed by atoms with Crippen molar-refractivity contribution in [2.24, 2.45) is 0 Å². The Labute approximate surface area is 121 Å². The molecule has 0 unspecified atom stereocenters. The summed E-state index contributed by atoms with van der Waals surface area (Å²) in [5, 5.41) is 9.26. The Kier molecular flexibility index (Phi) is 4.61. The normalized spacial score (nSPS) is 10.2. The highest BCUT2D eigenvalue weighted by atomic mass is 35.5. The number of carbonyl (C=O) groups excluding carboxylic acids is 1. The smallest absolute Gasteiger partial charge is 0.247 e. The molecule has 5 heteroatoms. The molecule has 0 radical (unpaired) electrons. The number of rotatable bonds is 4. The lowest BCUT2D eigenvalue weighted by atomic mass is 10.0. The van der Waals surface area contributed by atoms with E-state index < -0.39 is 5.91 Å². The third kappa shape index (κ3) is 3.50. The number of nitrogens with one attached hydrogen (secondary N) is 1. The highest BCUT2D eigenvalue weighted by molar-refractivity contribution is 6.30. The number of amides is 1. The van der Waals surface area contributed by atoms with Gasteiger partial charge in [-0.25, -0.2) is 5.48 Å². The summed E-state index contributed by atoms with van der Waals surface area (Å²) < 4.78 is 5.24. The summed E-state index contributed by atoms with van der Waals surface area (Å²) in [7, 11) is 1.57. The minimum atomic E-state index is -0.472. The number of carbonyl (C=O) groups is 1. The first kappa shape index (κ1) is 14.4. The first-order valence-corrected chi connectivity index (χ1v) is 6.37. The summed E-state index contributed by atoms with van der Waals surface area (Å²) in [5.41, 5.74) is 4.26. The molecule has 104 valence electrons. The van der Waals surface area contributed by atoms with Gasteiger partial charge in [-0.3, -0.25) is 10.0 Å². The number of hydrogen-bond donors (Lipinski definition) is 2. The summed E-state index contributed by atoms with van der Waals surface area (Å²) in [4.78, 5) is 11.3. The molecule has 2 aromatic rings. The van der Waals surface area contributed by atoms with Crippen LogP contribution in [-0.4, -0.2) is 18.2 Å². The van der Waals surface area contributed by atoms with Gasteiger partial charge in [0.25, 0.3) is 0 Å². The lowest BCUT2D eigenvalue weighted by Crippen LogP contribution is -2.20. The standard InChI is InChI=1S/C15H14ClNO3/c1-20-14-7-10(8-15(18)17-19)6-12(9-14)11-2-4-13(16)5-3-11/h2-7,9,19H,8H2,1H3,(H,17,18). The van der Waals surface area contributed by atoms with Gasteiger partial charge in [0, 0.05) is 5.02 Å². The van der Waals surface area contributed by atoms with Crippen molar-refractivity contribution in [1.82, 2.24) is 5.48 Å². The molecule has 1 amide bonds. The van der Waals surface area contributed by atoms with Crippen LogP contribution in [0.15, 0.2) is 42.5 Å². The number of ether oxygens (including phenoxy) is 1. The van der Waals surface area contributed by atoms with Crippen molar-refractivity contribution >= 4 is 17.5 Å². The average molecular weight is 292 g/mol. The van der Waals surface area contributed by atoms with Crippen molar-refractivity contribution < 1.29 is 14.7 Å². The minimum absolute atomic E-state index is 0.0777. The van der Waals surface area contributed by atoms with Crippen LogP contribution >= 0.6 is 11.6 Å². The molecule has 0 aromatic heterocycles. The van der Waals surface area contributed by atoms with E-state index in [4.69, 9.17) is 21.5 Å². The van der Waals surface area contributed by atoms with Crippen LogP contribution in [0.4, 0.5) is 0 Å². The fraction of sp³-hybridized carbons (Fsp3) is 0.133. The number of hydroxylamine groups is 1. The van der Waals surface area contributed by atoms with E-state index >= 15 is 0 Å². The zero-order chi connectivity index (χ0) is 14.5. The lowest BCUT2D eigenvalue weighted by molar-refractivity contribution is -0.128. The molecular weight excluding hydrogens is 278 g/mol. The van der Waals surface area contributed by atoms with Gasteiger partial charge < -0.3 is 4.74 Å². The van der Waals surface area contributed by atoms with Crippen LogP contribution in [0, 0.1) is 0 Å². The SMILES string of the molecule is COc1cc(CC(=O)NO)cc(-c2ccc(Cl)cc2)c1. The topological polar surface area (TPSA) is 58.6 Å². The molecule has 20 heavy (non-hydrogen) atoms. The van der Waals surface area contributed by atoms with Gasteiger partial charge in [-0.1, -0.05) is 29.8 Å². The molecule has 0 fully saturated rings. The minimum Gasteiger partial charge on any atom is -0.497 e. The third-order valence-electron chi connectivity index (χ3n) is 2.87. The number of halogens is 1. The van der Waals surface area contributed by atoms with Crippen molar-refractivity contribution in [2.75, 3.05) is 7.11 Å². The molecule has 0 bridgehead atoms. The largest absolute Gasteiger partial charge is 0.497 e. The Morgan fingerprint density at radius 3 is 2.50 bits per heavy atom. The summed E-state index contributed by atoms with van der Waals surface area (Å²) >= 11 is 5.87. The highest BCUT2D eigenvalue weighted by Gasteiger charge is 2.07. The van der Waals surface area contributed by atoms with Crippen molar-refractivity contribution in [3.63, 3.8) is 0 Å². The summed E-state index contributed by atoms with van der Waals surface area (Å²) in [6, 6.07) is 12.9. The maximum absolute atomic E-state index is 11.3. The van der Waals surface area contributed by atoms with Gasteiger partial charge in [0.05, 0.1) is 13.5 Å². The summed E-state index contributed by atoms with van der Waals surface area (Å²) in [6.07, 6.45) is 0.0777. The molecular formula is C15H14ClNO3. The second kappa shape index (κ2) is 6.41. The van der Waals surface area contributed by atoms with Gasteiger partial charge in [-0.2, -0.15) is 0 Å². The number of benzene rings is 2. The van der Waals surface area contributed by atoms with Gasteiger partial charge >= 0.3 is 0 Å². The fourth-order valence-electron chi connectivity index (χ4n) is 1.91. The van der Waals surface area contributed by atoms with Crippen LogP contribution in [0.1, 0.15) is 5.56 Å². The van der Waals surface area contributed by atoms with Crippen LogP contribution in [0.25, 0.3) is 11.1 Å². The van der Waals surface area contributed by atoms with E-state index in [9.17, 15) is 4.79 Å². The van der Waals surface area contributed by atoms with Gasteiger partial charge in [-0.05, 0) is 41.0 Å². The Morgan fingerprint density at radius 2 is 1.90 bits per heavy atom. The maximum Gasteiger partial charge on any atom is 0.247 e. The van der Waals surface area contributed by atoms with Crippen LogP contribution < -0.4 is 10.2 Å². The molecule has 0 aliphatic rings. The first-order valence-electron chi connectivity index (χ1n) is 5.99. The lowest BCUT2D eigenvalue weighted by Gasteiger charge is -2.09. The molecule has 0 heterocycles. The predicted octanol–water partition coefficient (Wildman–Crippen LogP) is 3.06. The Balaban J connectivity index is 2.39. The Hall–Kier alpha value is -2.04. The Bertz CT molecular complexity index is 611. The zero-order valence-electron chi connectivity index (χ0n) is 10.9. The van der Waals surface area contributed by atoms with Crippen LogP contribution in [-0.2, 0) is 11.2 Å². The molecule has 0 atom stereocenters. The van der Waals surface area contributed by atoms with E-state index in [-0.39, 0.29) is 6.42 Å². The first-order chi connectivity index (χ1) is 9.62. The van der Waals surface area contributed by atoms with Gasteiger partial charge in [0.15, 0.2) is 0 Å². The zero-order valence-corrected chi connectivity index (χ0v) is 11.6. The monoisotopic (exact) mass is 291 g/mol. The van der Waals surface area contributed by atoms with Gasteiger partial charge in [-0.15, -0.1) is 0 Å². The summed E-state index contributed by atoms with van der Waals surface area (Å²) in [5.74, 6) is 0.179. The molecule has 0 spiro atoms. The van der Waals surface area contributed by atoms with E-state index in [1.807, 2.05) is 24.3 Å². The van der Waals surface area contributed by atoms with E-state index in [1.54, 1.807) is 30.8 Å². The second-order valence-corrected chi connectivity index (χ2v) is 4.72. The fourth-order valence-corrected chi connectivity index (χ4v) is 2.04. The van der Waals surface area contributed by atoms with Crippen molar-refractivity contribution in [3.05, 3.63) is 53.1 Å². The van der Waals surface area contributed by atoms with Crippen LogP contribution in [0.2, 0.25) is 5.02 Å². The Morgan fingerprint density at radius 1 is 1.20 bits per heavy atom. The van der Waals surface area contributed by atoms with Crippen LogP contribution in [0.3, 0.4) is 0 Å². The van der Waals surface area contributed by atoms with Crippen molar-refractivity contribution in [1.29, 1.82) is 0 Å². The molecule has 2 aromatic carbocycles. The quantitative estimate of drug-likeness (QED) is 0.672. The molecule has 0 aliphatic heterocycles. The van der Waals surface area contributed by atoms with E-state index in [0.717, 1.165) is 16.7 Å². The molecule has 0 saturated heterocycles. The van der Waals surface area contributed by atoms with E-state index in [1.165, 1.54) is 0 Å². The molecule has 4 nitrogen and oxygen atoms in total. The van der Waals surface area contributed by atoms with Gasteiger partial charge in [0.2, 0.25) is 5.91 Å².